The molecule has 0 aromatic heterocycles. The van der Waals surface area contributed by atoms with Gasteiger partial charge in [-0.1, -0.05) is 31.4 Å². The molecular weight excluding hydrogens is 228 g/mol. The highest BCUT2D eigenvalue weighted by atomic mass is 28.3. The van der Waals surface area contributed by atoms with Crippen LogP contribution < -0.4 is 9.47 Å². The highest BCUT2D eigenvalue weighted by molar-refractivity contribution is 6.80. The third-order valence-electron chi connectivity index (χ3n) is 2.38. The van der Waals surface area contributed by atoms with Crippen molar-refractivity contribution in [2.45, 2.75) is 26.1 Å². The van der Waals surface area contributed by atoms with Gasteiger partial charge in [-0.2, -0.15) is 0 Å². The maximum Gasteiger partial charge on any atom is 0.122 e. The van der Waals surface area contributed by atoms with Crippen LogP contribution in [-0.4, -0.2) is 22.3 Å². The first-order valence-corrected chi connectivity index (χ1v) is 9.42. The summed E-state index contributed by atoms with van der Waals surface area (Å²) in [5, 5.41) is 0. The average Bonchev–Trinajstić information content (AvgIpc) is 2.26. The summed E-state index contributed by atoms with van der Waals surface area (Å²) >= 11 is 0. The van der Waals surface area contributed by atoms with Crippen molar-refractivity contribution in [3.05, 3.63) is 35.5 Å². The molecule has 0 saturated carbocycles. The third-order valence-corrected chi connectivity index (χ3v) is 3.62. The zero-order chi connectivity index (χ0) is 12.9. The fourth-order valence-corrected chi connectivity index (χ4v) is 2.36. The lowest BCUT2D eigenvalue weighted by Crippen LogP contribution is -2.15. The number of hydrogen-bond acceptors (Lipinski definition) is 2. The van der Waals surface area contributed by atoms with Crippen LogP contribution in [0.25, 0.3) is 0 Å². The first-order valence-electron chi connectivity index (χ1n) is 5.84. The Morgan fingerprint density at radius 2 is 1.53 bits per heavy atom. The summed E-state index contributed by atoms with van der Waals surface area (Å²) in [5.41, 5.74) is 3.58. The van der Waals surface area contributed by atoms with Crippen LogP contribution in [0.1, 0.15) is 5.56 Å². The number of hydrogen-bond donors (Lipinski definition) is 0. The molecule has 0 heterocycles. The Balaban J connectivity index is 2.80. The van der Waals surface area contributed by atoms with Gasteiger partial charge >= 0.3 is 0 Å². The summed E-state index contributed by atoms with van der Waals surface area (Å²) in [6.07, 6.45) is 3.18. The molecule has 0 aliphatic rings. The summed E-state index contributed by atoms with van der Waals surface area (Å²) in [6, 6.07) is 6.00. The van der Waals surface area contributed by atoms with Gasteiger partial charge < -0.3 is 9.47 Å². The van der Waals surface area contributed by atoms with Crippen molar-refractivity contribution in [2.75, 3.05) is 14.2 Å². The van der Waals surface area contributed by atoms with E-state index in [4.69, 9.17) is 9.47 Å². The molecule has 0 aliphatic carbocycles. The first-order chi connectivity index (χ1) is 7.94. The van der Waals surface area contributed by atoms with Crippen LogP contribution in [-0.2, 0) is 6.42 Å². The lowest BCUT2D eigenvalue weighted by Gasteiger charge is -2.09. The van der Waals surface area contributed by atoms with Crippen LogP contribution in [0.3, 0.4) is 0 Å². The second kappa shape index (κ2) is 5.91. The van der Waals surface area contributed by atoms with E-state index in [-0.39, 0.29) is 0 Å². The minimum atomic E-state index is -1.10. The van der Waals surface area contributed by atoms with Crippen LogP contribution in [0.4, 0.5) is 0 Å². The molecule has 0 aliphatic heterocycles. The van der Waals surface area contributed by atoms with Gasteiger partial charge in [0.25, 0.3) is 0 Å². The van der Waals surface area contributed by atoms with Crippen LogP contribution in [0.5, 0.6) is 11.5 Å². The molecule has 0 radical (unpaired) electrons. The Morgan fingerprint density at radius 3 is 1.94 bits per heavy atom. The third kappa shape index (κ3) is 5.09. The lowest BCUT2D eigenvalue weighted by molar-refractivity contribution is 0.393. The molecular formula is C14H22O2Si. The quantitative estimate of drug-likeness (QED) is 0.742. The molecule has 0 saturated heterocycles. The summed E-state index contributed by atoms with van der Waals surface area (Å²) in [6.45, 7) is 6.99. The zero-order valence-electron chi connectivity index (χ0n) is 11.4. The standard InChI is InChI=1S/C14H22O2Si/c1-15-13-9-12(10-14(11-13)16-2)7-6-8-17(3,4)5/h6,8-11H,7H2,1-5H3/b8-6+. The van der Waals surface area contributed by atoms with E-state index < -0.39 is 8.07 Å². The average molecular weight is 250 g/mol. The molecule has 1 rings (SSSR count). The highest BCUT2D eigenvalue weighted by Gasteiger charge is 2.06. The van der Waals surface area contributed by atoms with E-state index in [1.165, 1.54) is 5.56 Å². The SMILES string of the molecule is COc1cc(C/C=C/[Si](C)(C)C)cc(OC)c1. The van der Waals surface area contributed by atoms with Gasteiger partial charge in [0.2, 0.25) is 0 Å². The molecule has 2 nitrogen and oxygen atoms in total. The molecule has 0 fully saturated rings. The predicted octanol–water partition coefficient (Wildman–Crippen LogP) is 3.68. The predicted molar refractivity (Wildman–Crippen MR) is 75.7 cm³/mol. The van der Waals surface area contributed by atoms with Crippen molar-refractivity contribution in [1.82, 2.24) is 0 Å². The molecule has 0 amide bonds. The van der Waals surface area contributed by atoms with Crippen molar-refractivity contribution >= 4 is 8.07 Å². The van der Waals surface area contributed by atoms with Crippen molar-refractivity contribution in [3.8, 4) is 11.5 Å². The number of rotatable bonds is 5. The largest absolute Gasteiger partial charge is 0.497 e. The van der Waals surface area contributed by atoms with Crippen LogP contribution in [0.15, 0.2) is 30.0 Å². The van der Waals surface area contributed by atoms with E-state index in [1.807, 2.05) is 6.07 Å². The maximum absolute atomic E-state index is 5.25. The minimum Gasteiger partial charge on any atom is -0.497 e. The second-order valence-corrected chi connectivity index (χ2v) is 10.3. The Hall–Kier alpha value is -1.22. The molecule has 0 unspecified atom stereocenters. The molecule has 0 N–H and O–H groups in total. The van der Waals surface area contributed by atoms with E-state index in [0.29, 0.717) is 0 Å². The van der Waals surface area contributed by atoms with E-state index in [1.54, 1.807) is 14.2 Å². The second-order valence-electron chi connectivity index (χ2n) is 5.19. The Kier molecular flexibility index (Phi) is 4.81. The number of ether oxygens (including phenoxy) is 2. The molecule has 1 aromatic rings. The smallest absolute Gasteiger partial charge is 0.122 e. The van der Waals surface area contributed by atoms with E-state index in [0.717, 1.165) is 17.9 Å². The lowest BCUT2D eigenvalue weighted by atomic mass is 10.1. The molecule has 0 bridgehead atoms. The molecule has 0 atom stereocenters. The zero-order valence-corrected chi connectivity index (χ0v) is 12.4. The molecule has 94 valence electrons. The van der Waals surface area contributed by atoms with Crippen molar-refractivity contribution in [1.29, 1.82) is 0 Å². The molecule has 3 heteroatoms. The fraction of sp³-hybridized carbons (Fsp3) is 0.429. The Morgan fingerprint density at radius 1 is 1.00 bits per heavy atom. The summed E-state index contributed by atoms with van der Waals surface area (Å²) < 4.78 is 10.5. The number of methoxy groups -OCH3 is 2. The van der Waals surface area contributed by atoms with Gasteiger partial charge in [-0.05, 0) is 24.1 Å². The van der Waals surface area contributed by atoms with Crippen LogP contribution in [0.2, 0.25) is 19.6 Å². The maximum atomic E-state index is 5.25. The van der Waals surface area contributed by atoms with E-state index in [2.05, 4.69) is 43.5 Å². The van der Waals surface area contributed by atoms with Gasteiger partial charge in [0.05, 0.1) is 22.3 Å². The van der Waals surface area contributed by atoms with E-state index >= 15 is 0 Å². The summed E-state index contributed by atoms with van der Waals surface area (Å²) in [4.78, 5) is 0. The summed E-state index contributed by atoms with van der Waals surface area (Å²) in [5.74, 6) is 1.70. The topological polar surface area (TPSA) is 18.5 Å². The van der Waals surface area contributed by atoms with Gasteiger partial charge in [-0.3, -0.25) is 0 Å². The van der Waals surface area contributed by atoms with Crippen molar-refractivity contribution in [3.63, 3.8) is 0 Å². The molecule has 1 aromatic carbocycles. The van der Waals surface area contributed by atoms with Gasteiger partial charge in [0, 0.05) is 6.07 Å². The van der Waals surface area contributed by atoms with Crippen LogP contribution in [0, 0.1) is 0 Å². The number of benzene rings is 1. The Bertz CT molecular complexity index is 369. The highest BCUT2D eigenvalue weighted by Crippen LogP contribution is 2.23. The van der Waals surface area contributed by atoms with E-state index in [9.17, 15) is 0 Å². The van der Waals surface area contributed by atoms with Gasteiger partial charge in [0.1, 0.15) is 11.5 Å². The first kappa shape index (κ1) is 13.8. The van der Waals surface area contributed by atoms with Gasteiger partial charge in [-0.15, -0.1) is 0 Å². The summed E-state index contributed by atoms with van der Waals surface area (Å²) in [7, 11) is 2.26. The van der Waals surface area contributed by atoms with Gasteiger partial charge in [0.15, 0.2) is 0 Å². The molecule has 17 heavy (non-hydrogen) atoms. The van der Waals surface area contributed by atoms with Crippen LogP contribution >= 0.6 is 0 Å². The molecule has 0 spiro atoms. The fourth-order valence-electron chi connectivity index (χ4n) is 1.53. The monoisotopic (exact) mass is 250 g/mol. The van der Waals surface area contributed by atoms with Gasteiger partial charge in [-0.25, -0.2) is 0 Å². The van der Waals surface area contributed by atoms with Crippen molar-refractivity contribution in [2.24, 2.45) is 0 Å². The van der Waals surface area contributed by atoms with Crippen molar-refractivity contribution < 1.29 is 9.47 Å². The number of allylic oxidation sites excluding steroid dienone is 1. The Labute approximate surface area is 105 Å². The minimum absolute atomic E-state index is 0.848. The normalized spacial score (nSPS) is 11.8.